The Morgan fingerprint density at radius 3 is 1.75 bits per heavy atom. The summed E-state index contributed by atoms with van der Waals surface area (Å²) < 4.78 is 9.35. The molecule has 0 fully saturated rings. The number of rotatable bonds is 8. The van der Waals surface area contributed by atoms with Crippen LogP contribution in [-0.4, -0.2) is 9.55 Å². The van der Waals surface area contributed by atoms with E-state index in [9.17, 15) is 0 Å². The number of aromatic nitrogens is 2. The Balaban J connectivity index is 0.00000656. The Kier molecular flexibility index (Phi) is 13.3. The van der Waals surface area contributed by atoms with Crippen LogP contribution in [0.3, 0.4) is 0 Å². The maximum Gasteiger partial charge on any atom is 0.135 e. The molecule has 10 rings (SSSR count). The summed E-state index contributed by atoms with van der Waals surface area (Å²) >= 11 is 0. The van der Waals surface area contributed by atoms with Crippen LogP contribution in [0.4, 0.5) is 22.7 Å². The molecule has 0 radical (unpaired) electrons. The molecule has 73 heavy (non-hydrogen) atoms. The van der Waals surface area contributed by atoms with E-state index in [1.165, 1.54) is 38.9 Å². The minimum absolute atomic E-state index is 0. The van der Waals surface area contributed by atoms with Crippen LogP contribution in [0.25, 0.3) is 38.8 Å². The van der Waals surface area contributed by atoms with Gasteiger partial charge in [0.1, 0.15) is 5.82 Å². The number of fused-ring (bicyclic) bond motifs is 4. The van der Waals surface area contributed by atoms with E-state index in [0.29, 0.717) is 11.5 Å². The minimum atomic E-state index is -0.390. The molecule has 0 N–H and O–H groups in total. The van der Waals surface area contributed by atoms with Crippen LogP contribution >= 0.6 is 0 Å². The second-order valence-corrected chi connectivity index (χ2v) is 24.5. The van der Waals surface area contributed by atoms with Gasteiger partial charge in [-0.15, -0.1) is 53.6 Å². The maximum atomic E-state index is 7.10. The molecule has 7 aromatic carbocycles. The molecule has 0 spiro atoms. The minimum Gasteiger partial charge on any atom is -0.509 e. The van der Waals surface area contributed by atoms with E-state index in [1.807, 2.05) is 6.20 Å². The van der Waals surface area contributed by atoms with Crippen molar-refractivity contribution < 1.29 is 25.8 Å². The molecule has 0 bridgehead atoms. The third-order valence-corrected chi connectivity index (χ3v) is 14.6. The predicted molar refractivity (Wildman–Crippen MR) is 303 cm³/mol. The van der Waals surface area contributed by atoms with E-state index in [2.05, 4.69) is 282 Å². The molecular formula is C67H69N4OPt-3. The number of anilines is 4. The Hall–Kier alpha value is -6.42. The van der Waals surface area contributed by atoms with E-state index in [-0.39, 0.29) is 48.1 Å². The van der Waals surface area contributed by atoms with Crippen LogP contribution in [0.15, 0.2) is 158 Å². The van der Waals surface area contributed by atoms with Crippen molar-refractivity contribution in [3.05, 3.63) is 210 Å². The van der Waals surface area contributed by atoms with Gasteiger partial charge in [0.15, 0.2) is 0 Å². The first-order valence-corrected chi connectivity index (χ1v) is 25.5. The quantitative estimate of drug-likeness (QED) is 0.142. The van der Waals surface area contributed by atoms with Gasteiger partial charge in [0, 0.05) is 61.3 Å². The normalized spacial score (nSPS) is 13.4. The Labute approximate surface area is 449 Å². The second kappa shape index (κ2) is 18.8. The van der Waals surface area contributed by atoms with Crippen molar-refractivity contribution in [3.63, 3.8) is 0 Å². The molecular weight excluding hydrogens is 1070 g/mol. The zero-order valence-corrected chi connectivity index (χ0v) is 47.4. The van der Waals surface area contributed by atoms with Crippen molar-refractivity contribution in [3.8, 4) is 28.4 Å². The van der Waals surface area contributed by atoms with E-state index in [0.717, 1.165) is 55.9 Å². The van der Waals surface area contributed by atoms with Crippen molar-refractivity contribution in [1.82, 2.24) is 9.55 Å². The molecule has 0 amide bonds. The molecule has 5 nitrogen and oxygen atoms in total. The summed E-state index contributed by atoms with van der Waals surface area (Å²) in [6, 6.07) is 62.9. The summed E-state index contributed by atoms with van der Waals surface area (Å²) in [6.07, 6.45) is 1.93. The molecule has 0 aliphatic carbocycles. The Morgan fingerprint density at radius 2 is 1.08 bits per heavy atom. The number of pyridine rings is 1. The molecule has 3 heterocycles. The largest absolute Gasteiger partial charge is 0.509 e. The fourth-order valence-corrected chi connectivity index (χ4v) is 9.91. The van der Waals surface area contributed by atoms with E-state index < -0.39 is 0 Å². The van der Waals surface area contributed by atoms with Crippen LogP contribution in [0, 0.1) is 18.8 Å². The second-order valence-electron chi connectivity index (χ2n) is 24.5. The molecule has 0 saturated carbocycles. The molecule has 1 aliphatic heterocycles. The van der Waals surface area contributed by atoms with Gasteiger partial charge < -0.3 is 19.1 Å². The maximum absolute atomic E-state index is 7.10. The van der Waals surface area contributed by atoms with Gasteiger partial charge in [-0.1, -0.05) is 187 Å². The molecule has 1 aliphatic rings. The summed E-state index contributed by atoms with van der Waals surface area (Å²) in [7, 11) is 0. The first-order valence-electron chi connectivity index (χ1n) is 25.5. The van der Waals surface area contributed by atoms with Gasteiger partial charge in [-0.2, -0.15) is 6.07 Å². The molecule has 0 saturated heterocycles. The van der Waals surface area contributed by atoms with Gasteiger partial charge in [-0.3, -0.25) is 0 Å². The Bertz CT molecular complexity index is 3490. The summed E-state index contributed by atoms with van der Waals surface area (Å²) in [5.74, 6) is 2.06. The summed E-state index contributed by atoms with van der Waals surface area (Å²) in [5, 5.41) is 2.26. The molecule has 6 heteroatoms. The third-order valence-electron chi connectivity index (χ3n) is 14.6. The first-order chi connectivity index (χ1) is 33.9. The zero-order chi connectivity index (χ0) is 51.1. The first kappa shape index (κ1) is 51.5. The number of nitrogens with zero attached hydrogens (tertiary/aromatic N) is 4. The van der Waals surface area contributed by atoms with Crippen molar-refractivity contribution >= 4 is 44.6 Å². The molecule has 9 aromatic rings. The van der Waals surface area contributed by atoms with Gasteiger partial charge in [0.25, 0.3) is 0 Å². The van der Waals surface area contributed by atoms with Gasteiger partial charge in [-0.05, 0) is 114 Å². The van der Waals surface area contributed by atoms with Gasteiger partial charge in [-0.25, -0.2) is 4.98 Å². The number of hydrogen-bond acceptors (Lipinski definition) is 4. The number of hydrogen-bond donors (Lipinski definition) is 0. The standard InChI is InChI=1S/C67H69N4O.Pt/c1-63(2,3)47-25-29-58-57(38-47)56-28-27-54(42-60(56)71(58)62-40-49(31-32-68-62)65(7,8)9)72-55-37-51(67(13,14)46-23-19-16-20-24-46)36-53(41-55)70-43-69(59-30-26-48(39-61(59)70)64(4,5)6)52-34-45(44-21-17-15-18-22-44)33-50(35-52)66(10,11)12;/h15-40,43H,1-14H3;/q-3;. The smallest absolute Gasteiger partial charge is 0.135 e. The summed E-state index contributed by atoms with van der Waals surface area (Å²) in [5.41, 5.74) is 15.2. The van der Waals surface area contributed by atoms with E-state index in [1.54, 1.807) is 0 Å². The molecule has 376 valence electrons. The predicted octanol–water partition coefficient (Wildman–Crippen LogP) is 18.2. The average molecular weight is 1140 g/mol. The molecule has 0 atom stereocenters. The van der Waals surface area contributed by atoms with Crippen LogP contribution in [-0.2, 0) is 48.1 Å². The SMILES string of the molecule is CC(C)(C)c1cc(-c2ccccc2)cc(N2[CH-]N(c3[c-]c(Oc4[c-]c5c(cc4)c4cc(C(C)(C)C)ccc4n5-c4cc(C(C)(C)C)ccn4)cc(C(C)(C)c4ccccc4)c3)c3cc(C(C)(C)C)ccc32)c1.[Pt]. The summed E-state index contributed by atoms with van der Waals surface area (Å²) in [4.78, 5) is 9.64. The van der Waals surface area contributed by atoms with Crippen molar-refractivity contribution in [2.24, 2.45) is 0 Å². The van der Waals surface area contributed by atoms with Crippen molar-refractivity contribution in [1.29, 1.82) is 0 Å². The van der Waals surface area contributed by atoms with Crippen LogP contribution in [0.5, 0.6) is 11.5 Å². The van der Waals surface area contributed by atoms with Crippen molar-refractivity contribution in [2.75, 3.05) is 9.80 Å². The van der Waals surface area contributed by atoms with Gasteiger partial charge >= 0.3 is 0 Å². The van der Waals surface area contributed by atoms with E-state index >= 15 is 0 Å². The number of benzene rings is 7. The molecule has 2 aromatic heterocycles. The van der Waals surface area contributed by atoms with E-state index in [4.69, 9.17) is 9.72 Å². The fourth-order valence-electron chi connectivity index (χ4n) is 9.91. The van der Waals surface area contributed by atoms with Crippen LogP contribution in [0.1, 0.15) is 130 Å². The molecule has 0 unspecified atom stereocenters. The topological polar surface area (TPSA) is 33.5 Å². The van der Waals surface area contributed by atoms with Crippen molar-refractivity contribution in [2.45, 2.75) is 124 Å². The van der Waals surface area contributed by atoms with Gasteiger partial charge in [0.2, 0.25) is 0 Å². The zero-order valence-electron chi connectivity index (χ0n) is 45.1. The summed E-state index contributed by atoms with van der Waals surface area (Å²) in [6.45, 7) is 34.1. The third kappa shape index (κ3) is 10.0. The van der Waals surface area contributed by atoms with Crippen LogP contribution < -0.4 is 14.5 Å². The number of ether oxygens (including phenoxy) is 1. The fraction of sp³-hybridized carbons (Fsp3) is 0.284. The Morgan fingerprint density at radius 1 is 0.452 bits per heavy atom. The average Bonchev–Trinajstić information content (AvgIpc) is 3.89. The van der Waals surface area contributed by atoms with Gasteiger partial charge in [0.05, 0.1) is 0 Å². The van der Waals surface area contributed by atoms with Crippen LogP contribution in [0.2, 0.25) is 0 Å². The monoisotopic (exact) mass is 1140 g/mol.